The third-order valence-corrected chi connectivity index (χ3v) is 6.22. The van der Waals surface area contributed by atoms with Gasteiger partial charge in [-0.05, 0) is 45.2 Å². The van der Waals surface area contributed by atoms with Crippen LogP contribution in [-0.4, -0.2) is 73.1 Å². The van der Waals surface area contributed by atoms with Gasteiger partial charge in [-0.25, -0.2) is 0 Å². The molecule has 1 aromatic carbocycles. The van der Waals surface area contributed by atoms with Gasteiger partial charge in [0.2, 0.25) is 5.91 Å². The zero-order valence-corrected chi connectivity index (χ0v) is 19.1. The van der Waals surface area contributed by atoms with Crippen molar-refractivity contribution in [2.45, 2.75) is 76.3 Å². The number of aliphatic hydroxyl groups is 3. The maximum Gasteiger partial charge on any atom is 0.255 e. The largest absolute Gasteiger partial charge is 0.389 e. The monoisotopic (exact) mass is 438 g/mol. The van der Waals surface area contributed by atoms with Crippen molar-refractivity contribution in [2.75, 3.05) is 5.75 Å². The molecule has 0 saturated carbocycles. The van der Waals surface area contributed by atoms with Crippen LogP contribution in [0.5, 0.6) is 0 Å². The molecule has 0 aliphatic carbocycles. The summed E-state index contributed by atoms with van der Waals surface area (Å²) >= 11 is 1.17. The van der Waals surface area contributed by atoms with E-state index in [1.165, 1.54) is 16.7 Å². The van der Waals surface area contributed by atoms with E-state index in [-0.39, 0.29) is 17.6 Å². The lowest BCUT2D eigenvalue weighted by molar-refractivity contribution is -0.130. The Morgan fingerprint density at radius 1 is 1.13 bits per heavy atom. The lowest BCUT2D eigenvalue weighted by Crippen LogP contribution is -2.62. The zero-order chi connectivity index (χ0) is 22.6. The highest BCUT2D eigenvalue weighted by Crippen LogP contribution is 2.33. The standard InChI is InChI=1S/C22H34N2O5S/c1-13(2)11-15(19(28)23-22(3,4)5)24(20(29)14-9-7-6-8-10-14)21-18(27)17(26)16(25)12-30-21/h6-10,13,15-18,21,25-27H,11-12H2,1-5H3,(H,23,28)/t15?,16-,17+,18-,21-/m1/s1. The molecule has 1 aromatic rings. The quantitative estimate of drug-likeness (QED) is 0.537. The molecule has 0 spiro atoms. The summed E-state index contributed by atoms with van der Waals surface area (Å²) in [4.78, 5) is 28.2. The minimum Gasteiger partial charge on any atom is -0.389 e. The van der Waals surface area contributed by atoms with Crippen LogP contribution in [0.1, 0.15) is 51.4 Å². The first-order chi connectivity index (χ1) is 13.9. The van der Waals surface area contributed by atoms with Crippen LogP contribution in [0.15, 0.2) is 30.3 Å². The molecule has 5 atom stereocenters. The van der Waals surface area contributed by atoms with Gasteiger partial charge in [0.05, 0.1) is 6.10 Å². The molecule has 1 aliphatic rings. The molecule has 30 heavy (non-hydrogen) atoms. The molecule has 168 valence electrons. The number of nitrogens with zero attached hydrogens (tertiary/aromatic N) is 1. The van der Waals surface area contributed by atoms with Gasteiger partial charge in [0, 0.05) is 16.9 Å². The van der Waals surface area contributed by atoms with Crippen molar-refractivity contribution in [2.24, 2.45) is 5.92 Å². The number of carbonyl (C=O) groups excluding carboxylic acids is 2. The van der Waals surface area contributed by atoms with E-state index in [9.17, 15) is 24.9 Å². The Balaban J connectivity index is 2.50. The van der Waals surface area contributed by atoms with Crippen LogP contribution in [0.3, 0.4) is 0 Å². The number of carbonyl (C=O) groups is 2. The fourth-order valence-corrected chi connectivity index (χ4v) is 4.80. The molecular weight excluding hydrogens is 404 g/mol. The van der Waals surface area contributed by atoms with Crippen molar-refractivity contribution < 1.29 is 24.9 Å². The summed E-state index contributed by atoms with van der Waals surface area (Å²) in [5.74, 6) is -0.455. The fraction of sp³-hybridized carbons (Fsp3) is 0.636. The number of hydrogen-bond acceptors (Lipinski definition) is 6. The second-order valence-corrected chi connectivity index (χ2v) is 10.4. The summed E-state index contributed by atoms with van der Waals surface area (Å²) in [7, 11) is 0. The highest BCUT2D eigenvalue weighted by atomic mass is 32.2. The van der Waals surface area contributed by atoms with Crippen LogP contribution < -0.4 is 5.32 Å². The Labute approximate surface area is 182 Å². The van der Waals surface area contributed by atoms with Gasteiger partial charge in [-0.1, -0.05) is 32.0 Å². The van der Waals surface area contributed by atoms with Gasteiger partial charge < -0.3 is 25.5 Å². The first-order valence-corrected chi connectivity index (χ1v) is 11.3. The summed E-state index contributed by atoms with van der Waals surface area (Å²) in [6.45, 7) is 9.53. The van der Waals surface area contributed by atoms with Crippen molar-refractivity contribution in [3.05, 3.63) is 35.9 Å². The van der Waals surface area contributed by atoms with Gasteiger partial charge in [0.15, 0.2) is 0 Å². The molecule has 1 heterocycles. The average Bonchev–Trinajstić information content (AvgIpc) is 2.66. The van der Waals surface area contributed by atoms with E-state index >= 15 is 0 Å². The number of amides is 2. The number of rotatable bonds is 6. The van der Waals surface area contributed by atoms with Crippen LogP contribution in [0.4, 0.5) is 0 Å². The van der Waals surface area contributed by atoms with Gasteiger partial charge in [0.1, 0.15) is 23.6 Å². The van der Waals surface area contributed by atoms with E-state index in [1.807, 2.05) is 34.6 Å². The normalized spacial score (nSPS) is 25.6. The lowest BCUT2D eigenvalue weighted by atomic mass is 9.97. The Morgan fingerprint density at radius 2 is 1.73 bits per heavy atom. The molecule has 4 N–H and O–H groups in total. The number of nitrogens with one attached hydrogen (secondary N) is 1. The summed E-state index contributed by atoms with van der Waals surface area (Å²) in [6, 6.07) is 7.75. The van der Waals surface area contributed by atoms with E-state index in [1.54, 1.807) is 30.3 Å². The molecular formula is C22H34N2O5S. The predicted molar refractivity (Wildman–Crippen MR) is 118 cm³/mol. The molecule has 1 saturated heterocycles. The maximum absolute atomic E-state index is 13.5. The van der Waals surface area contributed by atoms with Crippen molar-refractivity contribution in [1.29, 1.82) is 0 Å². The first-order valence-electron chi connectivity index (χ1n) is 10.3. The molecule has 7 nitrogen and oxygen atoms in total. The van der Waals surface area contributed by atoms with Gasteiger partial charge in [0.25, 0.3) is 5.91 Å². The Bertz CT molecular complexity index is 722. The summed E-state index contributed by atoms with van der Waals surface area (Å²) in [5.41, 5.74) is -0.106. The van der Waals surface area contributed by atoms with Gasteiger partial charge >= 0.3 is 0 Å². The van der Waals surface area contributed by atoms with E-state index in [0.29, 0.717) is 12.0 Å². The van der Waals surface area contributed by atoms with E-state index in [2.05, 4.69) is 5.32 Å². The average molecular weight is 439 g/mol. The number of benzene rings is 1. The third kappa shape index (κ3) is 6.20. The Morgan fingerprint density at radius 3 is 2.27 bits per heavy atom. The summed E-state index contributed by atoms with van der Waals surface area (Å²) < 4.78 is 0. The molecule has 1 unspecified atom stereocenters. The van der Waals surface area contributed by atoms with Crippen molar-refractivity contribution >= 4 is 23.6 Å². The second kappa shape index (κ2) is 10.1. The van der Waals surface area contributed by atoms with Crippen LogP contribution in [-0.2, 0) is 4.79 Å². The smallest absolute Gasteiger partial charge is 0.255 e. The second-order valence-electron chi connectivity index (χ2n) is 9.24. The molecule has 2 rings (SSSR count). The highest BCUT2D eigenvalue weighted by molar-refractivity contribution is 8.00. The molecule has 8 heteroatoms. The maximum atomic E-state index is 13.5. The molecule has 0 aromatic heterocycles. The van der Waals surface area contributed by atoms with Crippen LogP contribution in [0, 0.1) is 5.92 Å². The minimum atomic E-state index is -1.40. The minimum absolute atomic E-state index is 0.105. The fourth-order valence-electron chi connectivity index (χ4n) is 3.45. The molecule has 0 radical (unpaired) electrons. The topological polar surface area (TPSA) is 110 Å². The van der Waals surface area contributed by atoms with Gasteiger partial charge in [-0.15, -0.1) is 11.8 Å². The number of aliphatic hydroxyl groups excluding tert-OH is 3. The van der Waals surface area contributed by atoms with E-state index in [0.717, 1.165) is 0 Å². The van der Waals surface area contributed by atoms with Crippen molar-refractivity contribution in [1.82, 2.24) is 10.2 Å². The Hall–Kier alpha value is -1.61. The predicted octanol–water partition coefficient (Wildman–Crippen LogP) is 1.61. The van der Waals surface area contributed by atoms with Gasteiger partial charge in [-0.2, -0.15) is 0 Å². The van der Waals surface area contributed by atoms with Gasteiger partial charge in [-0.3, -0.25) is 9.59 Å². The SMILES string of the molecule is CC(C)CC(C(=O)NC(C)(C)C)N(C(=O)c1ccccc1)[C@@H]1SC[C@@H](O)[C@H](O)[C@H]1O. The number of hydrogen-bond donors (Lipinski definition) is 4. The Kier molecular flexibility index (Phi) is 8.33. The first kappa shape index (κ1) is 24.7. The zero-order valence-electron chi connectivity index (χ0n) is 18.3. The van der Waals surface area contributed by atoms with Crippen molar-refractivity contribution in [3.8, 4) is 0 Å². The van der Waals surface area contributed by atoms with Crippen LogP contribution in [0.2, 0.25) is 0 Å². The van der Waals surface area contributed by atoms with E-state index in [4.69, 9.17) is 0 Å². The van der Waals surface area contributed by atoms with E-state index < -0.39 is 41.2 Å². The molecule has 1 fully saturated rings. The van der Waals surface area contributed by atoms with Crippen LogP contribution >= 0.6 is 11.8 Å². The third-order valence-electron chi connectivity index (χ3n) is 4.83. The van der Waals surface area contributed by atoms with Crippen molar-refractivity contribution in [3.63, 3.8) is 0 Å². The summed E-state index contributed by atoms with van der Waals surface area (Å²) in [6.07, 6.45) is -3.48. The molecule has 1 aliphatic heterocycles. The molecule has 2 amide bonds. The highest BCUT2D eigenvalue weighted by Gasteiger charge is 2.46. The lowest BCUT2D eigenvalue weighted by Gasteiger charge is -2.44. The number of thioether (sulfide) groups is 1. The van der Waals surface area contributed by atoms with Crippen LogP contribution in [0.25, 0.3) is 0 Å². The molecule has 0 bridgehead atoms. The summed E-state index contributed by atoms with van der Waals surface area (Å²) in [5, 5.41) is 33.0.